The molecule has 128 valence electrons. The third kappa shape index (κ3) is 4.31. The molecule has 0 radical (unpaired) electrons. The van der Waals surface area contributed by atoms with Crippen LogP contribution in [0, 0.1) is 11.7 Å². The molecule has 0 saturated carbocycles. The van der Waals surface area contributed by atoms with Gasteiger partial charge in [0.05, 0.1) is 27.2 Å². The first-order valence-corrected chi connectivity index (χ1v) is 9.48. The Hall–Kier alpha value is -1.52. The SMILES string of the molecule is COc1ccc(SC[C@@H]2C[NH+](C)CC[C@H]2c2ccc(F)cc2)cc1. The second-order valence-corrected chi connectivity index (χ2v) is 7.70. The minimum Gasteiger partial charge on any atom is -0.497 e. The van der Waals surface area contributed by atoms with Gasteiger partial charge in [-0.2, -0.15) is 0 Å². The summed E-state index contributed by atoms with van der Waals surface area (Å²) in [7, 11) is 3.96. The number of likely N-dealkylation sites (tertiary alicyclic amines) is 1. The predicted octanol–water partition coefficient (Wildman–Crippen LogP) is 3.24. The van der Waals surface area contributed by atoms with Crippen molar-refractivity contribution in [2.24, 2.45) is 5.92 Å². The number of rotatable bonds is 5. The Morgan fingerprint density at radius 2 is 1.83 bits per heavy atom. The molecule has 1 heterocycles. The maximum Gasteiger partial charge on any atom is 0.123 e. The molecule has 1 aliphatic heterocycles. The number of thioether (sulfide) groups is 1. The van der Waals surface area contributed by atoms with E-state index >= 15 is 0 Å². The lowest BCUT2D eigenvalue weighted by Crippen LogP contribution is -3.11. The van der Waals surface area contributed by atoms with Gasteiger partial charge < -0.3 is 9.64 Å². The molecule has 1 fully saturated rings. The van der Waals surface area contributed by atoms with Crippen LogP contribution in [0.4, 0.5) is 4.39 Å². The second kappa shape index (κ2) is 8.04. The monoisotopic (exact) mass is 346 g/mol. The highest BCUT2D eigenvalue weighted by molar-refractivity contribution is 7.99. The third-order valence-corrected chi connectivity index (χ3v) is 6.08. The number of hydrogen-bond acceptors (Lipinski definition) is 2. The number of ether oxygens (including phenoxy) is 1. The number of nitrogens with one attached hydrogen (secondary N) is 1. The Morgan fingerprint density at radius 1 is 1.12 bits per heavy atom. The lowest BCUT2D eigenvalue weighted by Gasteiger charge is -2.34. The van der Waals surface area contributed by atoms with Crippen LogP contribution >= 0.6 is 11.8 Å². The fourth-order valence-corrected chi connectivity index (χ4v) is 4.61. The number of quaternary nitrogens is 1. The molecule has 4 heteroatoms. The molecule has 24 heavy (non-hydrogen) atoms. The Balaban J connectivity index is 1.68. The molecule has 2 nitrogen and oxygen atoms in total. The Morgan fingerprint density at radius 3 is 2.50 bits per heavy atom. The summed E-state index contributed by atoms with van der Waals surface area (Å²) >= 11 is 1.91. The summed E-state index contributed by atoms with van der Waals surface area (Å²) in [6.45, 7) is 2.36. The second-order valence-electron chi connectivity index (χ2n) is 6.60. The van der Waals surface area contributed by atoms with E-state index in [2.05, 4.69) is 19.2 Å². The molecule has 1 unspecified atom stereocenters. The smallest absolute Gasteiger partial charge is 0.123 e. The van der Waals surface area contributed by atoms with Gasteiger partial charge in [-0.05, 0) is 47.9 Å². The van der Waals surface area contributed by atoms with Gasteiger partial charge in [-0.1, -0.05) is 12.1 Å². The van der Waals surface area contributed by atoms with Crippen LogP contribution in [0.15, 0.2) is 53.4 Å². The highest BCUT2D eigenvalue weighted by Gasteiger charge is 2.31. The summed E-state index contributed by atoms with van der Waals surface area (Å²) in [4.78, 5) is 2.87. The molecule has 2 aromatic carbocycles. The fourth-order valence-electron chi connectivity index (χ4n) is 3.53. The van der Waals surface area contributed by atoms with Gasteiger partial charge in [0.25, 0.3) is 0 Å². The number of hydrogen-bond donors (Lipinski definition) is 1. The molecule has 0 amide bonds. The number of piperidine rings is 1. The van der Waals surface area contributed by atoms with E-state index in [1.165, 1.54) is 30.0 Å². The molecule has 1 aliphatic rings. The molecule has 0 aromatic heterocycles. The average molecular weight is 346 g/mol. The van der Waals surface area contributed by atoms with Crippen molar-refractivity contribution in [3.05, 3.63) is 59.9 Å². The van der Waals surface area contributed by atoms with Crippen molar-refractivity contribution in [1.82, 2.24) is 0 Å². The maximum atomic E-state index is 13.2. The highest BCUT2D eigenvalue weighted by atomic mass is 32.2. The van der Waals surface area contributed by atoms with E-state index in [0.29, 0.717) is 11.8 Å². The van der Waals surface area contributed by atoms with Crippen LogP contribution in [-0.4, -0.2) is 33.0 Å². The van der Waals surface area contributed by atoms with Crippen molar-refractivity contribution >= 4 is 11.8 Å². The van der Waals surface area contributed by atoms with Gasteiger partial charge in [0.1, 0.15) is 11.6 Å². The lowest BCUT2D eigenvalue weighted by molar-refractivity contribution is -0.888. The zero-order valence-electron chi connectivity index (χ0n) is 14.3. The first-order valence-electron chi connectivity index (χ1n) is 8.49. The average Bonchev–Trinajstić information content (AvgIpc) is 2.61. The van der Waals surface area contributed by atoms with Crippen LogP contribution in [0.1, 0.15) is 17.9 Å². The molecule has 0 bridgehead atoms. The molecule has 0 aliphatic carbocycles. The maximum absolute atomic E-state index is 13.2. The summed E-state index contributed by atoms with van der Waals surface area (Å²) in [5.41, 5.74) is 1.28. The topological polar surface area (TPSA) is 13.7 Å². The summed E-state index contributed by atoms with van der Waals surface area (Å²) in [5, 5.41) is 0. The molecule has 3 atom stereocenters. The Kier molecular flexibility index (Phi) is 5.80. The summed E-state index contributed by atoms with van der Waals surface area (Å²) < 4.78 is 18.4. The summed E-state index contributed by atoms with van der Waals surface area (Å²) in [6, 6.07) is 15.4. The summed E-state index contributed by atoms with van der Waals surface area (Å²) in [6.07, 6.45) is 1.17. The van der Waals surface area contributed by atoms with E-state index < -0.39 is 0 Å². The molecule has 2 aromatic rings. The highest BCUT2D eigenvalue weighted by Crippen LogP contribution is 2.33. The van der Waals surface area contributed by atoms with Crippen LogP contribution in [-0.2, 0) is 0 Å². The van der Waals surface area contributed by atoms with Gasteiger partial charge in [0, 0.05) is 23.0 Å². The number of benzene rings is 2. The van der Waals surface area contributed by atoms with Crippen molar-refractivity contribution in [3.63, 3.8) is 0 Å². The van der Waals surface area contributed by atoms with Gasteiger partial charge in [-0.15, -0.1) is 11.8 Å². The molecule has 1 saturated heterocycles. The van der Waals surface area contributed by atoms with Gasteiger partial charge >= 0.3 is 0 Å². The Bertz CT molecular complexity index is 644. The van der Waals surface area contributed by atoms with Crippen LogP contribution in [0.25, 0.3) is 0 Å². The largest absolute Gasteiger partial charge is 0.497 e. The normalized spacial score (nSPS) is 23.9. The fraction of sp³-hybridized carbons (Fsp3) is 0.400. The van der Waals surface area contributed by atoms with E-state index in [4.69, 9.17) is 4.74 Å². The Labute approximate surface area is 148 Å². The zero-order valence-corrected chi connectivity index (χ0v) is 15.1. The molecule has 1 N–H and O–H groups in total. The molecular weight excluding hydrogens is 321 g/mol. The lowest BCUT2D eigenvalue weighted by atomic mass is 9.81. The molecule has 3 rings (SSSR count). The number of halogens is 1. The minimum atomic E-state index is -0.151. The minimum absolute atomic E-state index is 0.151. The zero-order chi connectivity index (χ0) is 16.9. The van der Waals surface area contributed by atoms with Crippen LogP contribution in [0.2, 0.25) is 0 Å². The molecular formula is C20H25FNOS+. The first kappa shape index (κ1) is 17.3. The van der Waals surface area contributed by atoms with Crippen molar-refractivity contribution in [2.45, 2.75) is 17.2 Å². The predicted molar refractivity (Wildman–Crippen MR) is 97.6 cm³/mol. The third-order valence-electron chi connectivity index (χ3n) is 4.88. The van der Waals surface area contributed by atoms with E-state index in [1.807, 2.05) is 36.0 Å². The van der Waals surface area contributed by atoms with Crippen LogP contribution in [0.3, 0.4) is 0 Å². The van der Waals surface area contributed by atoms with Gasteiger partial charge in [-0.25, -0.2) is 4.39 Å². The van der Waals surface area contributed by atoms with Crippen LogP contribution < -0.4 is 9.64 Å². The van der Waals surface area contributed by atoms with E-state index in [0.717, 1.165) is 11.5 Å². The summed E-state index contributed by atoms with van der Waals surface area (Å²) in [5.74, 6) is 2.97. The first-order chi connectivity index (χ1) is 11.7. The van der Waals surface area contributed by atoms with E-state index in [-0.39, 0.29) is 5.82 Å². The van der Waals surface area contributed by atoms with E-state index in [9.17, 15) is 4.39 Å². The van der Waals surface area contributed by atoms with Crippen molar-refractivity contribution in [3.8, 4) is 5.75 Å². The standard InChI is InChI=1S/C20H24FNOS/c1-22-12-11-20(15-3-5-17(21)6-4-15)16(13-22)14-24-19-9-7-18(23-2)8-10-19/h3-10,16,20H,11-14H2,1-2H3/p+1/t16-,20-/m0/s1. The van der Waals surface area contributed by atoms with Crippen molar-refractivity contribution < 1.29 is 14.0 Å². The molecule has 0 spiro atoms. The van der Waals surface area contributed by atoms with Gasteiger partial charge in [-0.3, -0.25) is 0 Å². The van der Waals surface area contributed by atoms with Crippen molar-refractivity contribution in [1.29, 1.82) is 0 Å². The van der Waals surface area contributed by atoms with Gasteiger partial charge in [0.2, 0.25) is 0 Å². The quantitative estimate of drug-likeness (QED) is 0.835. The van der Waals surface area contributed by atoms with E-state index in [1.54, 1.807) is 24.1 Å². The number of methoxy groups -OCH3 is 1. The van der Waals surface area contributed by atoms with Crippen molar-refractivity contribution in [2.75, 3.05) is 33.0 Å². The van der Waals surface area contributed by atoms with Crippen LogP contribution in [0.5, 0.6) is 5.75 Å². The van der Waals surface area contributed by atoms with Gasteiger partial charge in [0.15, 0.2) is 0 Å².